The van der Waals surface area contributed by atoms with E-state index in [2.05, 4.69) is 68.0 Å². The number of fused-ring (bicyclic) bond motifs is 2. The maximum Gasteiger partial charge on any atom is 0.342 e. The third-order valence-electron chi connectivity index (χ3n) is 11.1. The van der Waals surface area contributed by atoms with Crippen molar-refractivity contribution in [2.24, 2.45) is 0 Å². The van der Waals surface area contributed by atoms with Gasteiger partial charge in [-0.3, -0.25) is 24.5 Å². The van der Waals surface area contributed by atoms with Gasteiger partial charge in [-0.1, -0.05) is 12.1 Å². The molecule has 16 nitrogen and oxygen atoms in total. The fourth-order valence-electron chi connectivity index (χ4n) is 8.08. The number of nitrogens with one attached hydrogen (secondary N) is 2. The Morgan fingerprint density at radius 2 is 1.72 bits per heavy atom. The van der Waals surface area contributed by atoms with E-state index in [0.29, 0.717) is 41.8 Å². The Morgan fingerprint density at radius 1 is 0.944 bits per heavy atom. The summed E-state index contributed by atoms with van der Waals surface area (Å²) in [6.07, 6.45) is 8.06. The van der Waals surface area contributed by atoms with Crippen molar-refractivity contribution in [3.05, 3.63) is 59.4 Å². The quantitative estimate of drug-likeness (QED) is 0.241. The highest BCUT2D eigenvalue weighted by molar-refractivity contribution is 6.02. The van der Waals surface area contributed by atoms with Crippen LogP contribution in [0.15, 0.2) is 42.7 Å². The van der Waals surface area contributed by atoms with E-state index >= 15 is 0 Å². The van der Waals surface area contributed by atoms with Crippen LogP contribution in [0.25, 0.3) is 10.9 Å². The minimum atomic E-state index is -0.553. The van der Waals surface area contributed by atoms with E-state index in [0.717, 1.165) is 86.3 Å². The summed E-state index contributed by atoms with van der Waals surface area (Å²) in [6.45, 7) is 9.02. The summed E-state index contributed by atoms with van der Waals surface area (Å²) in [5.74, 6) is 2.53. The fourth-order valence-corrected chi connectivity index (χ4v) is 8.08. The molecule has 2 N–H and O–H groups in total. The SMILES string of the molecule is COC1CCN(c2nccc(Nc3cc4c(cn3)c(N3CCC(N(C)Cc5ccc6c(c5)CN(N5CCC(=O)NC5=O)C6=O)CC3)nn4C(C)C)n2)CC1. The molecule has 0 aliphatic carbocycles. The van der Waals surface area contributed by atoms with Crippen molar-refractivity contribution in [2.45, 2.75) is 77.2 Å². The molecule has 1 aromatic carbocycles. The van der Waals surface area contributed by atoms with Gasteiger partial charge in [-0.05, 0) is 69.8 Å². The van der Waals surface area contributed by atoms with Crippen LogP contribution in [-0.4, -0.2) is 117 Å². The van der Waals surface area contributed by atoms with Crippen LogP contribution >= 0.6 is 0 Å². The summed E-state index contributed by atoms with van der Waals surface area (Å²) in [4.78, 5) is 58.2. The molecule has 3 fully saturated rings. The molecule has 3 aromatic heterocycles. The van der Waals surface area contributed by atoms with Crippen molar-refractivity contribution < 1.29 is 19.1 Å². The van der Waals surface area contributed by atoms with Crippen LogP contribution in [0.3, 0.4) is 0 Å². The Labute approximate surface area is 314 Å². The lowest BCUT2D eigenvalue weighted by molar-refractivity contribution is -0.123. The van der Waals surface area contributed by atoms with E-state index in [9.17, 15) is 14.4 Å². The second-order valence-corrected chi connectivity index (χ2v) is 15.0. The van der Waals surface area contributed by atoms with Crippen molar-refractivity contribution in [3.8, 4) is 0 Å². The van der Waals surface area contributed by atoms with Crippen LogP contribution in [-0.2, 0) is 22.6 Å². The Balaban J connectivity index is 0.903. The molecular weight excluding hydrogens is 688 g/mol. The Hall–Kier alpha value is -5.35. The minimum absolute atomic E-state index is 0.164. The molecule has 284 valence electrons. The molecule has 0 saturated carbocycles. The van der Waals surface area contributed by atoms with E-state index in [1.54, 1.807) is 13.3 Å². The van der Waals surface area contributed by atoms with Gasteiger partial charge in [0.15, 0.2) is 5.82 Å². The molecule has 16 heteroatoms. The number of carbonyl (C=O) groups excluding carboxylic acids is 3. The third kappa shape index (κ3) is 7.02. The van der Waals surface area contributed by atoms with Crippen molar-refractivity contribution in [3.63, 3.8) is 0 Å². The number of hydrazine groups is 1. The van der Waals surface area contributed by atoms with E-state index in [1.165, 1.54) is 10.0 Å². The second-order valence-electron chi connectivity index (χ2n) is 15.0. The Morgan fingerprint density at radius 3 is 2.46 bits per heavy atom. The standard InChI is InChI=1S/C38H48N12O4/c1-24(2)50-31-20-33(41-32-7-13-39-37(42-32)47-16-10-28(54-4)11-17-47)40-21-30(31)35(44-50)46-14-8-27(9-15-46)45(3)22-25-5-6-29-26(19-25)23-49(36(29)52)48-18-12-34(51)43-38(48)53/h5-7,13,19-21,24,27-28H,8-12,14-18,22-23H2,1-4H3,(H,43,51,53)(H,39,40,41,42). The number of anilines is 4. The molecule has 4 amide bonds. The number of urea groups is 1. The van der Waals surface area contributed by atoms with Crippen LogP contribution in [0, 0.1) is 0 Å². The monoisotopic (exact) mass is 736 g/mol. The summed E-state index contributed by atoms with van der Waals surface area (Å²) < 4.78 is 7.61. The number of hydrogen-bond acceptors (Lipinski definition) is 12. The van der Waals surface area contributed by atoms with Gasteiger partial charge in [0.25, 0.3) is 5.91 Å². The van der Waals surface area contributed by atoms with E-state index in [4.69, 9.17) is 19.8 Å². The summed E-state index contributed by atoms with van der Waals surface area (Å²) in [7, 11) is 3.93. The number of carbonyl (C=O) groups is 3. The first-order valence-electron chi connectivity index (χ1n) is 18.9. The summed E-state index contributed by atoms with van der Waals surface area (Å²) >= 11 is 0. The lowest BCUT2D eigenvalue weighted by Gasteiger charge is -2.37. The first-order chi connectivity index (χ1) is 26.1. The van der Waals surface area contributed by atoms with Gasteiger partial charge in [-0.15, -0.1) is 0 Å². The third-order valence-corrected chi connectivity index (χ3v) is 11.1. The zero-order chi connectivity index (χ0) is 37.5. The van der Waals surface area contributed by atoms with Gasteiger partial charge in [0.2, 0.25) is 11.9 Å². The molecule has 54 heavy (non-hydrogen) atoms. The van der Waals surface area contributed by atoms with Crippen molar-refractivity contribution in [1.29, 1.82) is 0 Å². The number of nitrogens with zero attached hydrogens (tertiary/aromatic N) is 10. The van der Waals surface area contributed by atoms with Gasteiger partial charge in [0.05, 0.1) is 30.1 Å². The number of rotatable bonds is 10. The molecule has 0 radical (unpaired) electrons. The van der Waals surface area contributed by atoms with Gasteiger partial charge in [0.1, 0.15) is 11.6 Å². The fraction of sp³-hybridized carbons (Fsp3) is 0.500. The molecule has 0 bridgehead atoms. The lowest BCUT2D eigenvalue weighted by atomic mass is 10.0. The molecule has 4 aliphatic rings. The highest BCUT2D eigenvalue weighted by Gasteiger charge is 2.37. The minimum Gasteiger partial charge on any atom is -0.381 e. The number of aromatic nitrogens is 5. The van der Waals surface area contributed by atoms with Crippen LogP contribution in [0.1, 0.15) is 73.5 Å². The summed E-state index contributed by atoms with van der Waals surface area (Å²) in [5.41, 5.74) is 3.64. The summed E-state index contributed by atoms with van der Waals surface area (Å²) in [5, 5.41) is 14.6. The van der Waals surface area contributed by atoms with Crippen LogP contribution < -0.4 is 20.4 Å². The first-order valence-corrected chi connectivity index (χ1v) is 18.9. The average molecular weight is 737 g/mol. The van der Waals surface area contributed by atoms with E-state index in [1.807, 2.05) is 24.4 Å². The molecule has 8 rings (SSSR count). The maximum atomic E-state index is 13.1. The van der Waals surface area contributed by atoms with Gasteiger partial charge in [-0.25, -0.2) is 24.8 Å². The Kier molecular flexibility index (Phi) is 9.79. The smallest absolute Gasteiger partial charge is 0.342 e. The molecule has 0 atom stereocenters. The molecular formula is C38H48N12O4. The van der Waals surface area contributed by atoms with Gasteiger partial charge in [0, 0.05) is 82.4 Å². The molecule has 7 heterocycles. The highest BCUT2D eigenvalue weighted by Crippen LogP contribution is 2.33. The molecule has 3 saturated heterocycles. The zero-order valence-electron chi connectivity index (χ0n) is 31.4. The number of imide groups is 1. The number of hydrogen-bond donors (Lipinski definition) is 2. The predicted octanol–water partition coefficient (Wildman–Crippen LogP) is 4.07. The number of piperidine rings is 2. The van der Waals surface area contributed by atoms with Gasteiger partial charge < -0.3 is 19.9 Å². The number of pyridine rings is 1. The van der Waals surface area contributed by atoms with Crippen LogP contribution in [0.4, 0.5) is 28.2 Å². The number of benzene rings is 1. The molecule has 4 aromatic rings. The first kappa shape index (κ1) is 35.7. The van der Waals surface area contributed by atoms with Gasteiger partial charge in [-0.2, -0.15) is 10.1 Å². The molecule has 0 unspecified atom stereocenters. The lowest BCUT2D eigenvalue weighted by Crippen LogP contribution is -2.56. The molecule has 4 aliphatic heterocycles. The number of ether oxygens (including phenoxy) is 1. The highest BCUT2D eigenvalue weighted by atomic mass is 16.5. The molecule has 0 spiro atoms. The van der Waals surface area contributed by atoms with Gasteiger partial charge >= 0.3 is 6.03 Å². The van der Waals surface area contributed by atoms with E-state index in [-0.39, 0.29) is 30.8 Å². The number of amides is 4. The van der Waals surface area contributed by atoms with Crippen LogP contribution in [0.2, 0.25) is 0 Å². The largest absolute Gasteiger partial charge is 0.381 e. The zero-order valence-corrected chi connectivity index (χ0v) is 31.4. The summed E-state index contributed by atoms with van der Waals surface area (Å²) in [6, 6.07) is 9.86. The maximum absolute atomic E-state index is 13.1. The predicted molar refractivity (Wildman–Crippen MR) is 203 cm³/mol. The van der Waals surface area contributed by atoms with Crippen molar-refractivity contribution in [2.75, 3.05) is 62.0 Å². The topological polar surface area (TPSA) is 157 Å². The van der Waals surface area contributed by atoms with E-state index < -0.39 is 6.03 Å². The van der Waals surface area contributed by atoms with Crippen LogP contribution in [0.5, 0.6) is 0 Å². The average Bonchev–Trinajstić information content (AvgIpc) is 3.72. The number of methoxy groups -OCH3 is 1. The normalized spacial score (nSPS) is 18.7. The Bertz CT molecular complexity index is 2050. The van der Waals surface area contributed by atoms with Crippen molar-refractivity contribution in [1.82, 2.24) is 45.0 Å². The second kappa shape index (κ2) is 14.8. The van der Waals surface area contributed by atoms with Crippen molar-refractivity contribution >= 4 is 52.2 Å².